The minimum absolute atomic E-state index is 0.105. The highest BCUT2D eigenvalue weighted by molar-refractivity contribution is 5.92. The summed E-state index contributed by atoms with van der Waals surface area (Å²) in [5.41, 5.74) is 2.78. The van der Waals surface area contributed by atoms with E-state index in [4.69, 9.17) is 5.10 Å². The summed E-state index contributed by atoms with van der Waals surface area (Å²) < 4.78 is 1.75. The maximum absolute atomic E-state index is 12.4. The number of rotatable bonds is 7. The Morgan fingerprint density at radius 1 is 1.11 bits per heavy atom. The molecule has 0 saturated carbocycles. The monoisotopic (exact) mass is 384 g/mol. The molecule has 0 aliphatic heterocycles. The van der Waals surface area contributed by atoms with Gasteiger partial charge in [0.25, 0.3) is 0 Å². The third kappa shape index (κ3) is 5.94. The van der Waals surface area contributed by atoms with Crippen molar-refractivity contribution >= 4 is 17.6 Å². The van der Waals surface area contributed by atoms with Crippen LogP contribution in [0.25, 0.3) is 5.69 Å². The first-order valence-electron chi connectivity index (χ1n) is 9.87. The van der Waals surface area contributed by atoms with Gasteiger partial charge in [0.2, 0.25) is 11.8 Å². The standard InChI is InChI=1S/C22H32N4O2/c1-7-16(3)23-20(27)12-13-21(28)24-19-14-18(22(4,5)6)25-26(19)17-10-8-15(2)9-11-17/h8-11,14,16H,7,12-13H2,1-6H3,(H,23,27)(H,24,28). The van der Waals surface area contributed by atoms with Crippen LogP contribution in [-0.2, 0) is 15.0 Å². The summed E-state index contributed by atoms with van der Waals surface area (Å²) in [6.45, 7) is 12.2. The van der Waals surface area contributed by atoms with Crippen LogP contribution in [0, 0.1) is 6.92 Å². The van der Waals surface area contributed by atoms with Crippen LogP contribution in [0.2, 0.25) is 0 Å². The normalized spacial score (nSPS) is 12.5. The van der Waals surface area contributed by atoms with Crippen LogP contribution in [0.1, 0.15) is 65.1 Å². The van der Waals surface area contributed by atoms with Crippen molar-refractivity contribution in [3.8, 4) is 5.69 Å². The summed E-state index contributed by atoms with van der Waals surface area (Å²) in [4.78, 5) is 24.4. The molecule has 6 nitrogen and oxygen atoms in total. The number of nitrogens with zero attached hydrogens (tertiary/aromatic N) is 2. The molecule has 0 radical (unpaired) electrons. The summed E-state index contributed by atoms with van der Waals surface area (Å²) in [6.07, 6.45) is 1.16. The van der Waals surface area contributed by atoms with Crippen LogP contribution >= 0.6 is 0 Å². The van der Waals surface area contributed by atoms with Gasteiger partial charge in [-0.2, -0.15) is 5.10 Å². The van der Waals surface area contributed by atoms with E-state index in [0.29, 0.717) is 5.82 Å². The van der Waals surface area contributed by atoms with E-state index in [2.05, 4.69) is 31.4 Å². The Morgan fingerprint density at radius 3 is 2.29 bits per heavy atom. The van der Waals surface area contributed by atoms with Gasteiger partial charge in [0.05, 0.1) is 11.4 Å². The summed E-state index contributed by atoms with van der Waals surface area (Å²) in [7, 11) is 0. The first kappa shape index (κ1) is 21.7. The minimum Gasteiger partial charge on any atom is -0.354 e. The highest BCUT2D eigenvalue weighted by Crippen LogP contribution is 2.26. The smallest absolute Gasteiger partial charge is 0.226 e. The molecule has 2 rings (SSSR count). The van der Waals surface area contributed by atoms with E-state index >= 15 is 0 Å². The molecular formula is C22H32N4O2. The molecule has 2 aromatic rings. The molecule has 1 unspecified atom stereocenters. The largest absolute Gasteiger partial charge is 0.354 e. The van der Waals surface area contributed by atoms with Gasteiger partial charge in [-0.3, -0.25) is 9.59 Å². The first-order chi connectivity index (χ1) is 13.1. The molecule has 152 valence electrons. The second-order valence-electron chi connectivity index (χ2n) is 8.34. The topological polar surface area (TPSA) is 76.0 Å². The lowest BCUT2D eigenvalue weighted by Crippen LogP contribution is -2.32. The van der Waals surface area contributed by atoms with E-state index in [0.717, 1.165) is 23.4 Å². The third-order valence-electron chi connectivity index (χ3n) is 4.62. The van der Waals surface area contributed by atoms with Crippen molar-refractivity contribution in [1.29, 1.82) is 0 Å². The zero-order valence-electron chi connectivity index (χ0n) is 17.8. The Kier molecular flexibility index (Phi) is 7.00. The maximum Gasteiger partial charge on any atom is 0.226 e. The van der Waals surface area contributed by atoms with Crippen molar-refractivity contribution in [2.24, 2.45) is 0 Å². The Hall–Kier alpha value is -2.63. The molecule has 28 heavy (non-hydrogen) atoms. The average Bonchev–Trinajstić information content (AvgIpc) is 3.04. The number of anilines is 1. The van der Waals surface area contributed by atoms with E-state index in [1.165, 1.54) is 0 Å². The number of hydrogen-bond donors (Lipinski definition) is 2. The molecule has 0 saturated heterocycles. The lowest BCUT2D eigenvalue weighted by Gasteiger charge is -2.14. The van der Waals surface area contributed by atoms with Crippen LogP contribution in [-0.4, -0.2) is 27.6 Å². The molecular weight excluding hydrogens is 352 g/mol. The number of hydrogen-bond acceptors (Lipinski definition) is 3. The molecule has 0 spiro atoms. The van der Waals surface area contributed by atoms with Gasteiger partial charge in [0.15, 0.2) is 0 Å². The van der Waals surface area contributed by atoms with Crippen molar-refractivity contribution in [2.45, 2.75) is 72.3 Å². The fourth-order valence-electron chi connectivity index (χ4n) is 2.60. The second-order valence-corrected chi connectivity index (χ2v) is 8.34. The zero-order valence-corrected chi connectivity index (χ0v) is 17.8. The Morgan fingerprint density at radius 2 is 1.71 bits per heavy atom. The Labute approximate surface area is 167 Å². The highest BCUT2D eigenvalue weighted by Gasteiger charge is 2.21. The SMILES string of the molecule is CCC(C)NC(=O)CCC(=O)Nc1cc(C(C)(C)C)nn1-c1ccc(C)cc1. The summed E-state index contributed by atoms with van der Waals surface area (Å²) >= 11 is 0. The molecule has 1 aromatic carbocycles. The molecule has 2 N–H and O–H groups in total. The maximum atomic E-state index is 12.4. The Bertz CT molecular complexity index is 816. The van der Waals surface area contributed by atoms with Gasteiger partial charge < -0.3 is 10.6 Å². The highest BCUT2D eigenvalue weighted by atomic mass is 16.2. The van der Waals surface area contributed by atoms with Crippen molar-refractivity contribution in [2.75, 3.05) is 5.32 Å². The van der Waals surface area contributed by atoms with Gasteiger partial charge in [-0.05, 0) is 32.4 Å². The van der Waals surface area contributed by atoms with Gasteiger partial charge >= 0.3 is 0 Å². The summed E-state index contributed by atoms with van der Waals surface area (Å²) in [5.74, 6) is 0.307. The van der Waals surface area contributed by atoms with E-state index in [9.17, 15) is 9.59 Å². The molecule has 1 heterocycles. The van der Waals surface area contributed by atoms with Crippen LogP contribution in [0.4, 0.5) is 5.82 Å². The number of benzene rings is 1. The van der Waals surface area contributed by atoms with Crippen LogP contribution in [0.5, 0.6) is 0 Å². The van der Waals surface area contributed by atoms with Gasteiger partial charge in [0, 0.05) is 30.4 Å². The number of amides is 2. The molecule has 2 amide bonds. The average molecular weight is 385 g/mol. The van der Waals surface area contributed by atoms with Crippen molar-refractivity contribution in [1.82, 2.24) is 15.1 Å². The molecule has 0 aliphatic carbocycles. The third-order valence-corrected chi connectivity index (χ3v) is 4.62. The second kappa shape index (κ2) is 9.04. The lowest BCUT2D eigenvalue weighted by molar-refractivity contribution is -0.124. The Balaban J connectivity index is 2.15. The minimum atomic E-state index is -0.201. The molecule has 1 atom stereocenters. The molecule has 0 bridgehead atoms. The van der Waals surface area contributed by atoms with E-state index in [1.54, 1.807) is 4.68 Å². The first-order valence-corrected chi connectivity index (χ1v) is 9.87. The number of aryl methyl sites for hydroxylation is 1. The number of aromatic nitrogens is 2. The fourth-order valence-corrected chi connectivity index (χ4v) is 2.60. The molecule has 1 aromatic heterocycles. The van der Waals surface area contributed by atoms with Crippen molar-refractivity contribution in [3.63, 3.8) is 0 Å². The van der Waals surface area contributed by atoms with Crippen molar-refractivity contribution in [3.05, 3.63) is 41.6 Å². The van der Waals surface area contributed by atoms with E-state index in [-0.39, 0.29) is 36.1 Å². The van der Waals surface area contributed by atoms with E-state index in [1.807, 2.05) is 51.1 Å². The predicted molar refractivity (Wildman–Crippen MR) is 113 cm³/mol. The number of carbonyl (C=O) groups is 2. The van der Waals surface area contributed by atoms with Crippen LogP contribution in [0.3, 0.4) is 0 Å². The van der Waals surface area contributed by atoms with Crippen molar-refractivity contribution < 1.29 is 9.59 Å². The lowest BCUT2D eigenvalue weighted by atomic mass is 9.92. The molecule has 0 fully saturated rings. The van der Waals surface area contributed by atoms with Crippen LogP contribution < -0.4 is 10.6 Å². The molecule has 0 aliphatic rings. The molecule has 6 heteroatoms. The zero-order chi connectivity index (χ0) is 20.9. The number of nitrogens with one attached hydrogen (secondary N) is 2. The van der Waals surface area contributed by atoms with Gasteiger partial charge in [-0.25, -0.2) is 4.68 Å². The van der Waals surface area contributed by atoms with Gasteiger partial charge in [0.1, 0.15) is 5.82 Å². The fraction of sp³-hybridized carbons (Fsp3) is 0.500. The van der Waals surface area contributed by atoms with Gasteiger partial charge in [-0.1, -0.05) is 45.4 Å². The quantitative estimate of drug-likeness (QED) is 0.754. The predicted octanol–water partition coefficient (Wildman–Crippen LogP) is 4.11. The van der Waals surface area contributed by atoms with Crippen LogP contribution in [0.15, 0.2) is 30.3 Å². The number of carbonyl (C=O) groups excluding carboxylic acids is 2. The summed E-state index contributed by atoms with van der Waals surface area (Å²) in [6, 6.07) is 10.00. The van der Waals surface area contributed by atoms with E-state index < -0.39 is 0 Å². The summed E-state index contributed by atoms with van der Waals surface area (Å²) in [5, 5.41) is 10.5. The van der Waals surface area contributed by atoms with Gasteiger partial charge in [-0.15, -0.1) is 0 Å².